The van der Waals surface area contributed by atoms with Crippen molar-refractivity contribution in [3.63, 3.8) is 0 Å². The van der Waals surface area contributed by atoms with Crippen LogP contribution in [0.3, 0.4) is 0 Å². The van der Waals surface area contributed by atoms with E-state index < -0.39 is 23.9 Å². The molecule has 1 aliphatic carbocycles. The van der Waals surface area contributed by atoms with E-state index in [0.29, 0.717) is 33.0 Å². The molecule has 0 saturated carbocycles. The summed E-state index contributed by atoms with van der Waals surface area (Å²) in [6.45, 7) is 2.96. The van der Waals surface area contributed by atoms with E-state index in [0.717, 1.165) is 5.56 Å². The summed E-state index contributed by atoms with van der Waals surface area (Å²) in [5.41, 5.74) is 1.79. The van der Waals surface area contributed by atoms with Crippen LogP contribution in [-0.2, 0) is 25.7 Å². The van der Waals surface area contributed by atoms with Crippen molar-refractivity contribution in [2.75, 3.05) is 19.7 Å². The first-order chi connectivity index (χ1) is 19.7. The lowest BCUT2D eigenvalue weighted by Crippen LogP contribution is -2.50. The van der Waals surface area contributed by atoms with Crippen molar-refractivity contribution in [1.29, 1.82) is 0 Å². The van der Waals surface area contributed by atoms with Gasteiger partial charge < -0.3 is 9.64 Å². The molecule has 212 valence electrons. The number of aromatic nitrogens is 3. The molecular formula is C29H26Cl3N5O4. The molecule has 5 unspecified atom stereocenters. The van der Waals surface area contributed by atoms with Crippen molar-refractivity contribution < 1.29 is 19.1 Å². The third-order valence-corrected chi connectivity index (χ3v) is 8.76. The fraction of sp³-hybridized carbons (Fsp3) is 0.345. The van der Waals surface area contributed by atoms with Crippen LogP contribution in [0.25, 0.3) is 5.69 Å². The zero-order chi connectivity index (χ0) is 28.8. The van der Waals surface area contributed by atoms with Gasteiger partial charge in [-0.05, 0) is 23.6 Å². The van der Waals surface area contributed by atoms with Crippen LogP contribution in [0.4, 0.5) is 0 Å². The van der Waals surface area contributed by atoms with Gasteiger partial charge in [0, 0.05) is 11.6 Å². The highest BCUT2D eigenvalue weighted by Crippen LogP contribution is 2.43. The third kappa shape index (κ3) is 5.16. The molecule has 3 heterocycles. The van der Waals surface area contributed by atoms with Gasteiger partial charge in [-0.3, -0.25) is 19.3 Å². The van der Waals surface area contributed by atoms with E-state index in [1.54, 1.807) is 29.3 Å². The van der Waals surface area contributed by atoms with Gasteiger partial charge in [-0.1, -0.05) is 89.4 Å². The SMILES string of the molecule is CC1C=CC2C(=O)N(Cc3ccccc3)C(=O)C2C1C(=O)N1CCOC(c2cn(-c3c(Cl)cc(Cl)cc3Cl)nn2)C1. The molecule has 3 aliphatic rings. The van der Waals surface area contributed by atoms with E-state index in [1.165, 1.54) is 9.58 Å². The van der Waals surface area contributed by atoms with Crippen molar-refractivity contribution in [2.45, 2.75) is 19.6 Å². The van der Waals surface area contributed by atoms with Gasteiger partial charge in [0.05, 0.1) is 53.7 Å². The normalized spacial score (nSPS) is 26.0. The summed E-state index contributed by atoms with van der Waals surface area (Å²) >= 11 is 18.7. The summed E-state index contributed by atoms with van der Waals surface area (Å²) in [5.74, 6) is -3.01. The maximum atomic E-state index is 14.0. The number of halogens is 3. The van der Waals surface area contributed by atoms with E-state index >= 15 is 0 Å². The zero-order valence-electron chi connectivity index (χ0n) is 22.0. The predicted molar refractivity (Wildman–Crippen MR) is 152 cm³/mol. The summed E-state index contributed by atoms with van der Waals surface area (Å²) in [6.07, 6.45) is 4.77. The van der Waals surface area contributed by atoms with Crippen molar-refractivity contribution in [2.24, 2.45) is 23.7 Å². The first-order valence-electron chi connectivity index (χ1n) is 13.3. The summed E-state index contributed by atoms with van der Waals surface area (Å²) in [4.78, 5) is 43.9. The minimum Gasteiger partial charge on any atom is -0.368 e. The minimum atomic E-state index is -0.741. The van der Waals surface area contributed by atoms with Gasteiger partial charge in [0.2, 0.25) is 17.7 Å². The number of rotatable bonds is 5. The van der Waals surface area contributed by atoms with Crippen LogP contribution in [0, 0.1) is 23.7 Å². The Morgan fingerprint density at radius 3 is 2.51 bits per heavy atom. The highest BCUT2D eigenvalue weighted by molar-refractivity contribution is 6.40. The van der Waals surface area contributed by atoms with Crippen LogP contribution in [0.5, 0.6) is 0 Å². The van der Waals surface area contributed by atoms with Crippen molar-refractivity contribution in [3.8, 4) is 5.69 Å². The number of morpholine rings is 1. The number of fused-ring (bicyclic) bond motifs is 1. The van der Waals surface area contributed by atoms with E-state index in [1.807, 2.05) is 43.3 Å². The molecular weight excluding hydrogens is 589 g/mol. The molecule has 2 fully saturated rings. The molecule has 1 aromatic heterocycles. The highest BCUT2D eigenvalue weighted by Gasteiger charge is 2.55. The molecule has 0 radical (unpaired) electrons. The number of amides is 3. The third-order valence-electron chi connectivity index (χ3n) is 7.96. The lowest BCUT2D eigenvalue weighted by atomic mass is 9.71. The number of nitrogens with zero attached hydrogens (tertiary/aromatic N) is 5. The fourth-order valence-corrected chi connectivity index (χ4v) is 6.91. The Bertz CT molecular complexity index is 1520. The summed E-state index contributed by atoms with van der Waals surface area (Å²) in [6, 6.07) is 12.5. The first-order valence-corrected chi connectivity index (χ1v) is 14.4. The molecule has 2 saturated heterocycles. The second-order valence-corrected chi connectivity index (χ2v) is 11.8. The number of imide groups is 1. The van der Waals surface area contributed by atoms with Crippen molar-refractivity contribution >= 4 is 52.5 Å². The van der Waals surface area contributed by atoms with Crippen LogP contribution < -0.4 is 0 Å². The number of ether oxygens (including phenoxy) is 1. The Hall–Kier alpha value is -3.24. The van der Waals surface area contributed by atoms with Gasteiger partial charge in [0.1, 0.15) is 17.5 Å². The molecule has 0 bridgehead atoms. The number of carbonyl (C=O) groups excluding carboxylic acids is 3. The van der Waals surface area contributed by atoms with Gasteiger partial charge in [0.25, 0.3) is 0 Å². The van der Waals surface area contributed by atoms with Gasteiger partial charge >= 0.3 is 0 Å². The maximum absolute atomic E-state index is 14.0. The van der Waals surface area contributed by atoms with E-state index in [2.05, 4.69) is 10.3 Å². The molecule has 5 atom stereocenters. The topological polar surface area (TPSA) is 97.6 Å². The average Bonchev–Trinajstić information content (AvgIpc) is 3.52. The second-order valence-electron chi connectivity index (χ2n) is 10.5. The van der Waals surface area contributed by atoms with Crippen molar-refractivity contribution in [1.82, 2.24) is 24.8 Å². The van der Waals surface area contributed by atoms with E-state index in [9.17, 15) is 14.4 Å². The highest BCUT2D eigenvalue weighted by atomic mass is 35.5. The van der Waals surface area contributed by atoms with Crippen LogP contribution in [0.1, 0.15) is 24.3 Å². The summed E-state index contributed by atoms with van der Waals surface area (Å²) in [7, 11) is 0. The minimum absolute atomic E-state index is 0.177. The number of benzene rings is 2. The second kappa shape index (κ2) is 11.2. The Morgan fingerprint density at radius 1 is 1.05 bits per heavy atom. The van der Waals surface area contributed by atoms with Crippen LogP contribution in [-0.4, -0.2) is 62.2 Å². The van der Waals surface area contributed by atoms with Gasteiger partial charge in [-0.2, -0.15) is 0 Å². The lowest BCUT2D eigenvalue weighted by Gasteiger charge is -2.38. The number of carbonyl (C=O) groups is 3. The molecule has 41 heavy (non-hydrogen) atoms. The zero-order valence-corrected chi connectivity index (χ0v) is 24.3. The molecule has 12 heteroatoms. The molecule has 6 rings (SSSR count). The molecule has 2 aromatic carbocycles. The fourth-order valence-electron chi connectivity index (χ4n) is 5.92. The standard InChI is InChI=1S/C29H26Cl3N5O4/c1-16-7-8-19-25(29(40)36(27(19)38)13-17-5-3-2-4-6-17)24(16)28(39)35-9-10-41-23(15-35)22-14-37(34-33-22)26-20(31)11-18(30)12-21(26)32/h2-8,11-12,14,16,19,23-25H,9-10,13,15H2,1H3. The van der Waals surface area contributed by atoms with Gasteiger partial charge in [-0.15, -0.1) is 5.10 Å². The Kier molecular flexibility index (Phi) is 7.63. The Balaban J connectivity index is 1.21. The predicted octanol–water partition coefficient (Wildman–Crippen LogP) is 4.75. The summed E-state index contributed by atoms with van der Waals surface area (Å²) < 4.78 is 7.40. The Morgan fingerprint density at radius 2 is 1.78 bits per heavy atom. The smallest absolute Gasteiger partial charge is 0.237 e. The van der Waals surface area contributed by atoms with E-state index in [-0.39, 0.29) is 43.3 Å². The first kappa shape index (κ1) is 27.9. The van der Waals surface area contributed by atoms with Crippen LogP contribution in [0.2, 0.25) is 15.1 Å². The quantitative estimate of drug-likeness (QED) is 0.304. The number of hydrogen-bond donors (Lipinski definition) is 0. The van der Waals surface area contributed by atoms with Gasteiger partial charge in [0.15, 0.2) is 0 Å². The maximum Gasteiger partial charge on any atom is 0.237 e. The van der Waals surface area contributed by atoms with Crippen molar-refractivity contribution in [3.05, 3.63) is 87.1 Å². The molecule has 3 amide bonds. The number of allylic oxidation sites excluding steroid dienone is 1. The lowest BCUT2D eigenvalue weighted by molar-refractivity contribution is -0.151. The molecule has 2 aliphatic heterocycles. The number of hydrogen-bond acceptors (Lipinski definition) is 6. The van der Waals surface area contributed by atoms with E-state index in [4.69, 9.17) is 39.5 Å². The molecule has 0 N–H and O–H groups in total. The van der Waals surface area contributed by atoms with Crippen LogP contribution >= 0.6 is 34.8 Å². The monoisotopic (exact) mass is 613 g/mol. The average molecular weight is 615 g/mol. The largest absolute Gasteiger partial charge is 0.368 e. The molecule has 0 spiro atoms. The summed E-state index contributed by atoms with van der Waals surface area (Å²) in [5, 5.41) is 9.43. The molecule has 9 nitrogen and oxygen atoms in total. The molecule has 3 aromatic rings. The van der Waals surface area contributed by atoms with Gasteiger partial charge in [-0.25, -0.2) is 4.68 Å². The van der Waals surface area contributed by atoms with Crippen LogP contribution in [0.15, 0.2) is 60.8 Å². The Labute approximate surface area is 251 Å². The number of likely N-dealkylation sites (tertiary alicyclic amines) is 1.